The first kappa shape index (κ1) is 13.3. The van der Waals surface area contributed by atoms with Gasteiger partial charge in [0.2, 0.25) is 0 Å². The van der Waals surface area contributed by atoms with Crippen LogP contribution < -0.4 is 0 Å². The Morgan fingerprint density at radius 3 is 2.55 bits per heavy atom. The van der Waals surface area contributed by atoms with Crippen LogP contribution in [0.5, 0.6) is 0 Å². The molecule has 1 aromatic carbocycles. The molecule has 0 bridgehead atoms. The molecule has 4 rings (SSSR count). The zero-order valence-electron chi connectivity index (χ0n) is 12.0. The Kier molecular flexibility index (Phi) is 3.27. The Hall–Kier alpha value is -2.40. The summed E-state index contributed by atoms with van der Waals surface area (Å²) in [4.78, 5) is 15.6. The third-order valence-electron chi connectivity index (χ3n) is 3.86. The van der Waals surface area contributed by atoms with Crippen LogP contribution in [0.25, 0.3) is 16.3 Å². The number of aromatic nitrogens is 2. The van der Waals surface area contributed by atoms with Crippen LogP contribution in [0, 0.1) is 0 Å². The van der Waals surface area contributed by atoms with Crippen molar-refractivity contribution in [2.45, 2.75) is 6.42 Å². The van der Waals surface area contributed by atoms with Crippen LogP contribution in [0.4, 0.5) is 0 Å². The molecule has 22 heavy (non-hydrogen) atoms. The van der Waals surface area contributed by atoms with Gasteiger partial charge in [0.05, 0.1) is 16.1 Å². The van der Waals surface area contributed by atoms with Crippen LogP contribution in [-0.4, -0.2) is 33.7 Å². The first-order valence-electron chi connectivity index (χ1n) is 7.31. The maximum absolute atomic E-state index is 12.7. The van der Waals surface area contributed by atoms with Crippen molar-refractivity contribution in [3.8, 4) is 16.3 Å². The molecule has 3 heterocycles. The number of hydrogen-bond acceptors (Lipinski definition) is 3. The topological polar surface area (TPSA) is 38.1 Å². The molecular weight excluding hydrogens is 294 g/mol. The average molecular weight is 309 g/mol. The molecule has 0 atom stereocenters. The van der Waals surface area contributed by atoms with Crippen molar-refractivity contribution in [3.05, 3.63) is 59.6 Å². The van der Waals surface area contributed by atoms with Crippen LogP contribution >= 0.6 is 11.3 Å². The van der Waals surface area contributed by atoms with E-state index in [1.165, 1.54) is 0 Å². The van der Waals surface area contributed by atoms with Crippen molar-refractivity contribution < 1.29 is 4.79 Å². The van der Waals surface area contributed by atoms with Crippen LogP contribution in [0.3, 0.4) is 0 Å². The van der Waals surface area contributed by atoms with E-state index in [1.807, 2.05) is 58.9 Å². The van der Waals surface area contributed by atoms with Crippen molar-refractivity contribution >= 4 is 17.2 Å². The van der Waals surface area contributed by atoms with Gasteiger partial charge in [-0.3, -0.25) is 4.79 Å². The first-order chi connectivity index (χ1) is 10.8. The van der Waals surface area contributed by atoms with E-state index in [-0.39, 0.29) is 5.91 Å². The number of carbonyl (C=O) groups is 1. The van der Waals surface area contributed by atoms with Gasteiger partial charge in [-0.15, -0.1) is 11.3 Å². The lowest BCUT2D eigenvalue weighted by atomic mass is 10.1. The van der Waals surface area contributed by atoms with E-state index in [4.69, 9.17) is 0 Å². The predicted octanol–water partition coefficient (Wildman–Crippen LogP) is 3.45. The molecule has 1 fully saturated rings. The molecule has 4 nitrogen and oxygen atoms in total. The minimum atomic E-state index is 0.0804. The van der Waals surface area contributed by atoms with Gasteiger partial charge in [0.1, 0.15) is 5.69 Å². The summed E-state index contributed by atoms with van der Waals surface area (Å²) < 4.78 is 1.79. The van der Waals surface area contributed by atoms with E-state index in [2.05, 4.69) is 5.10 Å². The smallest absolute Gasteiger partial charge is 0.257 e. The van der Waals surface area contributed by atoms with E-state index < -0.39 is 0 Å². The largest absolute Gasteiger partial charge is 0.338 e. The normalized spacial score (nSPS) is 13.9. The first-order valence-corrected chi connectivity index (χ1v) is 8.19. The second-order valence-corrected chi connectivity index (χ2v) is 6.24. The minimum Gasteiger partial charge on any atom is -0.338 e. The molecule has 0 N–H and O–H groups in total. The Morgan fingerprint density at radius 1 is 1.09 bits per heavy atom. The summed E-state index contributed by atoms with van der Waals surface area (Å²) in [6.07, 6.45) is 2.94. The summed E-state index contributed by atoms with van der Waals surface area (Å²) in [6.45, 7) is 1.69. The summed E-state index contributed by atoms with van der Waals surface area (Å²) in [5.41, 5.74) is 2.42. The monoisotopic (exact) mass is 309 g/mol. The maximum atomic E-state index is 12.7. The van der Waals surface area contributed by atoms with Gasteiger partial charge in [0.25, 0.3) is 5.91 Å². The van der Waals surface area contributed by atoms with E-state index >= 15 is 0 Å². The van der Waals surface area contributed by atoms with Gasteiger partial charge in [-0.25, -0.2) is 4.68 Å². The molecule has 0 saturated carbocycles. The predicted molar refractivity (Wildman–Crippen MR) is 87.4 cm³/mol. The fraction of sp³-hybridized carbons (Fsp3) is 0.176. The highest BCUT2D eigenvalue weighted by Gasteiger charge is 2.27. The Morgan fingerprint density at radius 2 is 1.91 bits per heavy atom. The summed E-state index contributed by atoms with van der Waals surface area (Å²) >= 11 is 1.61. The molecule has 2 aromatic heterocycles. The van der Waals surface area contributed by atoms with Crippen LogP contribution in [0.15, 0.2) is 54.0 Å². The van der Waals surface area contributed by atoms with Crippen molar-refractivity contribution in [2.75, 3.05) is 13.1 Å². The number of benzene rings is 1. The van der Waals surface area contributed by atoms with Gasteiger partial charge in [-0.2, -0.15) is 5.10 Å². The molecule has 1 aliphatic rings. The molecule has 0 unspecified atom stereocenters. The third-order valence-corrected chi connectivity index (χ3v) is 4.74. The highest BCUT2D eigenvalue weighted by molar-refractivity contribution is 7.13. The summed E-state index contributed by atoms with van der Waals surface area (Å²) in [5, 5.41) is 6.67. The van der Waals surface area contributed by atoms with Crippen LogP contribution in [0.2, 0.25) is 0 Å². The summed E-state index contributed by atoms with van der Waals surface area (Å²) in [5.74, 6) is 0.0804. The van der Waals surface area contributed by atoms with Gasteiger partial charge in [0, 0.05) is 19.3 Å². The van der Waals surface area contributed by atoms with Gasteiger partial charge >= 0.3 is 0 Å². The number of likely N-dealkylation sites (tertiary alicyclic amines) is 1. The van der Waals surface area contributed by atoms with E-state index in [1.54, 1.807) is 16.0 Å². The second kappa shape index (κ2) is 5.42. The maximum Gasteiger partial charge on any atom is 0.257 e. The lowest BCUT2D eigenvalue weighted by Crippen LogP contribution is -2.42. The average Bonchev–Trinajstić information content (AvgIpc) is 3.15. The van der Waals surface area contributed by atoms with Crippen molar-refractivity contribution in [1.82, 2.24) is 14.7 Å². The highest BCUT2D eigenvalue weighted by atomic mass is 32.1. The standard InChI is InChI=1S/C17H15N3OS/c21-17(19-9-5-10-19)14-12-20(13-6-2-1-3-7-13)18-16(14)15-8-4-11-22-15/h1-4,6-8,11-12H,5,9-10H2. The third kappa shape index (κ3) is 2.23. The number of nitrogens with zero attached hydrogens (tertiary/aromatic N) is 3. The van der Waals surface area contributed by atoms with Gasteiger partial charge in [-0.1, -0.05) is 24.3 Å². The Bertz CT molecular complexity index is 789. The molecule has 3 aromatic rings. The fourth-order valence-electron chi connectivity index (χ4n) is 2.53. The number of carbonyl (C=O) groups excluding carboxylic acids is 1. The number of para-hydroxylation sites is 1. The molecule has 1 aliphatic heterocycles. The second-order valence-electron chi connectivity index (χ2n) is 5.29. The van der Waals surface area contributed by atoms with E-state index in [0.717, 1.165) is 35.8 Å². The molecule has 1 amide bonds. The van der Waals surface area contributed by atoms with Crippen LogP contribution in [0.1, 0.15) is 16.8 Å². The Labute approximate surface area is 132 Å². The van der Waals surface area contributed by atoms with Gasteiger partial charge in [-0.05, 0) is 30.0 Å². The number of amides is 1. The molecule has 110 valence electrons. The number of thiophene rings is 1. The minimum absolute atomic E-state index is 0.0804. The zero-order chi connectivity index (χ0) is 14.9. The van der Waals surface area contributed by atoms with E-state index in [9.17, 15) is 4.79 Å². The van der Waals surface area contributed by atoms with E-state index in [0.29, 0.717) is 5.56 Å². The molecule has 0 spiro atoms. The lowest BCUT2D eigenvalue weighted by Gasteiger charge is -2.30. The van der Waals surface area contributed by atoms with Crippen molar-refractivity contribution in [1.29, 1.82) is 0 Å². The molecule has 1 saturated heterocycles. The van der Waals surface area contributed by atoms with Crippen molar-refractivity contribution in [3.63, 3.8) is 0 Å². The number of hydrogen-bond donors (Lipinski definition) is 0. The molecular formula is C17H15N3OS. The molecule has 5 heteroatoms. The quantitative estimate of drug-likeness (QED) is 0.743. The molecule has 0 radical (unpaired) electrons. The van der Waals surface area contributed by atoms with Crippen molar-refractivity contribution in [2.24, 2.45) is 0 Å². The summed E-state index contributed by atoms with van der Waals surface area (Å²) in [6, 6.07) is 13.9. The summed E-state index contributed by atoms with van der Waals surface area (Å²) in [7, 11) is 0. The Balaban J connectivity index is 1.81. The van der Waals surface area contributed by atoms with Gasteiger partial charge < -0.3 is 4.90 Å². The lowest BCUT2D eigenvalue weighted by molar-refractivity contribution is 0.0652. The zero-order valence-corrected chi connectivity index (χ0v) is 12.8. The van der Waals surface area contributed by atoms with Gasteiger partial charge in [0.15, 0.2) is 0 Å². The highest BCUT2D eigenvalue weighted by Crippen LogP contribution is 2.29. The van der Waals surface area contributed by atoms with Crippen LogP contribution in [-0.2, 0) is 0 Å². The molecule has 0 aliphatic carbocycles. The SMILES string of the molecule is O=C(c1cn(-c2ccccc2)nc1-c1cccs1)N1CCC1. The number of rotatable bonds is 3. The fourth-order valence-corrected chi connectivity index (χ4v) is 3.25.